The summed E-state index contributed by atoms with van der Waals surface area (Å²) in [7, 11) is 0. The summed E-state index contributed by atoms with van der Waals surface area (Å²) >= 11 is 7.49. The maximum absolute atomic E-state index is 6.08. The van der Waals surface area contributed by atoms with Crippen molar-refractivity contribution < 1.29 is 24.2 Å². The number of halogens is 1. The first-order valence-corrected chi connectivity index (χ1v) is 19.5. The van der Waals surface area contributed by atoms with Crippen molar-refractivity contribution in [2.45, 2.75) is 58.8 Å². The van der Waals surface area contributed by atoms with Gasteiger partial charge in [-0.15, -0.1) is 46.2 Å². The summed E-state index contributed by atoms with van der Waals surface area (Å²) in [5.41, 5.74) is 9.44. The fraction of sp³-hybridized carbons (Fsp3) is 0.184. The maximum Gasteiger partial charge on any atom is -0.109 e. The van der Waals surface area contributed by atoms with Crippen molar-refractivity contribution in [2.24, 2.45) is 0 Å². The third kappa shape index (κ3) is 8.38. The second-order valence-corrected chi connectivity index (χ2v) is 16.3. The first-order valence-electron chi connectivity index (χ1n) is 17.7. The predicted octanol–water partition coefficient (Wildman–Crippen LogP) is 14.1. The van der Waals surface area contributed by atoms with Crippen molar-refractivity contribution in [1.82, 2.24) is 0 Å². The van der Waals surface area contributed by atoms with Crippen LogP contribution >= 0.6 is 11.6 Å². The number of rotatable bonds is 3. The van der Waals surface area contributed by atoms with Crippen LogP contribution < -0.4 is 0 Å². The van der Waals surface area contributed by atoms with E-state index in [9.17, 15) is 0 Å². The second-order valence-electron chi connectivity index (χ2n) is 15.2. The van der Waals surface area contributed by atoms with Crippen LogP contribution in [-0.2, 0) is 35.1 Å². The minimum absolute atomic E-state index is 0.0554. The third-order valence-electron chi connectivity index (χ3n) is 9.41. The molecule has 252 valence electrons. The van der Waals surface area contributed by atoms with Crippen molar-refractivity contribution in [1.29, 1.82) is 0 Å². The van der Waals surface area contributed by atoms with Gasteiger partial charge in [-0.3, -0.25) is 6.08 Å². The van der Waals surface area contributed by atoms with Crippen LogP contribution in [0.5, 0.6) is 0 Å². The molecule has 0 fully saturated rings. The zero-order chi connectivity index (χ0) is 36.2. The Morgan fingerprint density at radius 2 is 1.12 bits per heavy atom. The van der Waals surface area contributed by atoms with E-state index >= 15 is 0 Å². The molecule has 0 radical (unpaired) electrons. The average Bonchev–Trinajstić information content (AvgIpc) is 3.83. The van der Waals surface area contributed by atoms with Gasteiger partial charge in [-0.05, 0) is 44.2 Å². The van der Waals surface area contributed by atoms with Gasteiger partial charge in [0.2, 0.25) is 0 Å². The van der Waals surface area contributed by atoms with Crippen molar-refractivity contribution in [2.75, 3.05) is 0 Å². The Morgan fingerprint density at radius 1 is 0.608 bits per heavy atom. The molecule has 0 unspecified atom stereocenters. The Morgan fingerprint density at radius 3 is 1.55 bits per heavy atom. The smallest absolute Gasteiger partial charge is 0.109 e. The molecule has 0 bridgehead atoms. The Balaban J connectivity index is 0.000000203. The molecule has 0 aromatic heterocycles. The quantitative estimate of drug-likeness (QED) is 0.157. The summed E-state index contributed by atoms with van der Waals surface area (Å²) in [4.78, 5) is 0. The molecule has 7 aromatic carbocycles. The van der Waals surface area contributed by atoms with Crippen LogP contribution in [0.15, 0.2) is 146 Å². The molecule has 1 aliphatic rings. The standard InChI is InChI=1S/C33H33.C11H7Cl.C5H5.Zr/c1-32(2,3)30-20-26-24(18-28(30)22-13-9-7-10-14-22)17-25-19-29(23-15-11-8-12-16-23)31(21-27(25)26)33(4,5)6;1-8-4-2-6-10-9(8)5-3-7-11(10)12;1-2-4-5-3-1;/h7-21H,1-6H3;1-7H;1-3H,4H2;/q-1;;-1;+2. The summed E-state index contributed by atoms with van der Waals surface area (Å²) in [6, 6.07) is 46.0. The van der Waals surface area contributed by atoms with E-state index in [1.807, 2.05) is 30.4 Å². The zero-order valence-electron chi connectivity index (χ0n) is 30.5. The summed E-state index contributed by atoms with van der Waals surface area (Å²) in [5, 5.41) is 8.58. The Labute approximate surface area is 324 Å². The molecule has 0 saturated heterocycles. The molecule has 0 spiro atoms. The molecule has 0 saturated carbocycles. The van der Waals surface area contributed by atoms with Crippen molar-refractivity contribution in [3.05, 3.63) is 173 Å². The molecular formula is C49H45ClZr. The third-order valence-corrected chi connectivity index (χ3v) is 10.5. The van der Waals surface area contributed by atoms with Crippen LogP contribution in [0.2, 0.25) is 5.02 Å². The summed E-state index contributed by atoms with van der Waals surface area (Å²) in [5.74, 6) is 0. The van der Waals surface area contributed by atoms with Gasteiger partial charge < -0.3 is 0 Å². The van der Waals surface area contributed by atoms with E-state index in [0.29, 0.717) is 0 Å². The largest absolute Gasteiger partial charge is 0.273 e. The Kier molecular flexibility index (Phi) is 11.3. The van der Waals surface area contributed by atoms with Crippen molar-refractivity contribution >= 4 is 47.6 Å². The van der Waals surface area contributed by atoms with E-state index in [0.717, 1.165) is 16.8 Å². The van der Waals surface area contributed by atoms with Crippen molar-refractivity contribution in [3.8, 4) is 22.3 Å². The van der Waals surface area contributed by atoms with E-state index in [4.69, 9.17) is 11.6 Å². The van der Waals surface area contributed by atoms with Gasteiger partial charge >= 0.3 is 97.3 Å². The van der Waals surface area contributed by atoms with Gasteiger partial charge in [-0.2, -0.15) is 6.08 Å². The average molecular weight is 761 g/mol. The Bertz CT molecular complexity index is 2240. The topological polar surface area (TPSA) is 0 Å². The number of allylic oxidation sites excluding steroid dienone is 4. The van der Waals surface area contributed by atoms with Crippen LogP contribution in [0.4, 0.5) is 0 Å². The van der Waals surface area contributed by atoms with Gasteiger partial charge in [0.25, 0.3) is 0 Å². The van der Waals surface area contributed by atoms with Gasteiger partial charge in [0.1, 0.15) is 0 Å². The van der Waals surface area contributed by atoms with Gasteiger partial charge in [0.05, 0.1) is 0 Å². The van der Waals surface area contributed by atoms with Crippen LogP contribution in [0.3, 0.4) is 0 Å². The van der Waals surface area contributed by atoms with E-state index in [1.165, 1.54) is 90.1 Å². The van der Waals surface area contributed by atoms with Crippen LogP contribution in [-0.4, -0.2) is 3.71 Å². The SMILES string of the molecule is CC(C)(C)c1cc2c(cc1-c1ccccc1)[cH-]c1cc(-c3ccccc3)c(C(C)(C)C)cc12.Clc1cccc2c([CH]=[Zr+2])cccc12.[C-]1=CC=CC1. The first-order chi connectivity index (χ1) is 24.5. The van der Waals surface area contributed by atoms with E-state index in [-0.39, 0.29) is 10.8 Å². The first kappa shape index (κ1) is 36.8. The van der Waals surface area contributed by atoms with Crippen LogP contribution in [0.25, 0.3) is 54.6 Å². The van der Waals surface area contributed by atoms with Gasteiger partial charge in [0.15, 0.2) is 0 Å². The van der Waals surface area contributed by atoms with E-state index in [2.05, 4.69) is 167 Å². The van der Waals surface area contributed by atoms with Gasteiger partial charge in [0, 0.05) is 0 Å². The molecule has 7 aromatic rings. The summed E-state index contributed by atoms with van der Waals surface area (Å²) in [6.45, 7) is 13.9. The number of hydrogen-bond donors (Lipinski definition) is 0. The predicted molar refractivity (Wildman–Crippen MR) is 221 cm³/mol. The monoisotopic (exact) mass is 758 g/mol. The molecule has 0 heterocycles. The summed E-state index contributed by atoms with van der Waals surface area (Å²) < 4.78 is 2.19. The molecule has 0 amide bonds. The summed E-state index contributed by atoms with van der Waals surface area (Å²) in [6.07, 6.45) is 10.0. The minimum atomic E-state index is 0.0554. The fourth-order valence-electron chi connectivity index (χ4n) is 6.82. The molecule has 51 heavy (non-hydrogen) atoms. The number of fused-ring (bicyclic) bond motifs is 4. The molecule has 1 aliphatic carbocycles. The van der Waals surface area contributed by atoms with Gasteiger partial charge in [-0.1, -0.05) is 114 Å². The molecule has 2 heteroatoms. The van der Waals surface area contributed by atoms with E-state index < -0.39 is 0 Å². The van der Waals surface area contributed by atoms with Crippen LogP contribution in [0.1, 0.15) is 64.7 Å². The minimum Gasteiger partial charge on any atom is -0.273 e. The second kappa shape index (κ2) is 15.7. The molecule has 0 atom stereocenters. The molecule has 0 aliphatic heterocycles. The zero-order valence-corrected chi connectivity index (χ0v) is 33.7. The number of hydrogen-bond acceptors (Lipinski definition) is 0. The maximum atomic E-state index is 6.08. The number of benzene rings is 6. The molecular weight excluding hydrogens is 715 g/mol. The molecule has 0 nitrogen and oxygen atoms in total. The fourth-order valence-corrected chi connectivity index (χ4v) is 7.68. The van der Waals surface area contributed by atoms with Crippen molar-refractivity contribution in [3.63, 3.8) is 0 Å². The molecule has 0 N–H and O–H groups in total. The van der Waals surface area contributed by atoms with Crippen LogP contribution in [0, 0.1) is 6.08 Å². The van der Waals surface area contributed by atoms with E-state index in [1.54, 1.807) is 0 Å². The molecule has 8 rings (SSSR count). The van der Waals surface area contributed by atoms with Gasteiger partial charge in [-0.25, -0.2) is 12.2 Å². The Hall–Kier alpha value is -4.03. The normalized spacial score (nSPS) is 12.5.